The number of piperazine rings is 1. The first-order chi connectivity index (χ1) is 9.99. The molecule has 0 atom stereocenters. The van der Waals surface area contributed by atoms with Crippen molar-refractivity contribution < 1.29 is 4.79 Å². The van der Waals surface area contributed by atoms with Crippen molar-refractivity contribution in [2.75, 3.05) is 32.7 Å². The van der Waals surface area contributed by atoms with Gasteiger partial charge in [0.15, 0.2) is 0 Å². The van der Waals surface area contributed by atoms with Gasteiger partial charge in [0.1, 0.15) is 5.78 Å². The Labute approximate surface area is 156 Å². The lowest BCUT2D eigenvalue weighted by Crippen LogP contribution is -2.55. The average molecular weight is 369 g/mol. The van der Waals surface area contributed by atoms with Gasteiger partial charge >= 0.3 is 0 Å². The number of rotatable bonds is 10. The molecule has 0 aromatic carbocycles. The quantitative estimate of drug-likeness (QED) is 0.527. The zero-order chi connectivity index (χ0) is 15.7. The van der Waals surface area contributed by atoms with Crippen LogP contribution in [-0.2, 0) is 4.79 Å². The number of hydrogen-bond acceptors (Lipinski definition) is 3. The van der Waals surface area contributed by atoms with Crippen LogP contribution in [0.15, 0.2) is 0 Å². The zero-order valence-corrected chi connectivity index (χ0v) is 17.2. The first kappa shape index (κ1) is 25.4. The minimum absolute atomic E-state index is 0. The number of unbranched alkanes of at least 4 members (excludes halogenated alkanes) is 3. The van der Waals surface area contributed by atoms with Crippen LogP contribution in [0, 0.1) is 0 Å². The Balaban J connectivity index is 0. The lowest BCUT2D eigenvalue weighted by atomic mass is 9.93. The lowest BCUT2D eigenvalue weighted by Gasteiger charge is -2.44. The van der Waals surface area contributed by atoms with E-state index in [1.807, 2.05) is 0 Å². The molecule has 1 heterocycles. The van der Waals surface area contributed by atoms with E-state index in [0.717, 1.165) is 39.0 Å². The van der Waals surface area contributed by atoms with Crippen molar-refractivity contribution >= 4 is 30.6 Å². The molecule has 0 amide bonds. The van der Waals surface area contributed by atoms with Gasteiger partial charge in [-0.05, 0) is 33.2 Å². The van der Waals surface area contributed by atoms with Crippen LogP contribution in [-0.4, -0.2) is 53.8 Å². The normalized spacial score (nSPS) is 16.5. The Morgan fingerprint density at radius 2 is 1.52 bits per heavy atom. The number of hydrogen-bond donors (Lipinski definition) is 0. The maximum Gasteiger partial charge on any atom is 0.134 e. The van der Waals surface area contributed by atoms with Gasteiger partial charge in [0.05, 0.1) is 0 Å². The molecule has 0 saturated carbocycles. The smallest absolute Gasteiger partial charge is 0.134 e. The van der Waals surface area contributed by atoms with E-state index in [0.29, 0.717) is 12.2 Å². The van der Waals surface area contributed by atoms with E-state index >= 15 is 0 Å². The molecular weight excluding hydrogens is 331 g/mol. The molecule has 1 aliphatic rings. The fraction of sp³-hybridized carbons (Fsp3) is 0.944. The maximum atomic E-state index is 11.9. The SMILES string of the molecule is CCCCCCN1CCN(C(C)(C)CC(=O)CCC)CC1.Cl.Cl. The van der Waals surface area contributed by atoms with Gasteiger partial charge in [0.2, 0.25) is 0 Å². The number of nitrogens with zero attached hydrogens (tertiary/aromatic N) is 2. The van der Waals surface area contributed by atoms with Gasteiger partial charge in [-0.1, -0.05) is 33.1 Å². The van der Waals surface area contributed by atoms with Crippen molar-refractivity contribution in [1.29, 1.82) is 0 Å². The predicted molar refractivity (Wildman–Crippen MR) is 105 cm³/mol. The van der Waals surface area contributed by atoms with E-state index in [-0.39, 0.29) is 30.4 Å². The van der Waals surface area contributed by atoms with Crippen molar-refractivity contribution in [3.63, 3.8) is 0 Å². The number of halogens is 2. The standard InChI is InChI=1S/C18H36N2O.2ClH/c1-5-7-8-9-11-19-12-14-20(15-13-19)18(3,4)16-17(21)10-6-2;;/h5-16H2,1-4H3;2*1H. The van der Waals surface area contributed by atoms with Gasteiger partial charge in [-0.3, -0.25) is 9.69 Å². The molecule has 0 N–H and O–H groups in total. The minimum atomic E-state index is 0. The molecule has 0 spiro atoms. The molecule has 1 fully saturated rings. The molecule has 0 aromatic rings. The first-order valence-electron chi connectivity index (χ1n) is 8.98. The predicted octanol–water partition coefficient (Wildman–Crippen LogP) is 4.57. The van der Waals surface area contributed by atoms with Crippen LogP contribution >= 0.6 is 24.8 Å². The number of carbonyl (C=O) groups is 1. The van der Waals surface area contributed by atoms with Crippen molar-refractivity contribution in [1.82, 2.24) is 9.80 Å². The third-order valence-electron chi connectivity index (χ3n) is 4.71. The molecular formula is C18H38Cl2N2O. The van der Waals surface area contributed by atoms with E-state index in [1.54, 1.807) is 0 Å². The summed E-state index contributed by atoms with van der Waals surface area (Å²) in [5.74, 6) is 0.421. The van der Waals surface area contributed by atoms with E-state index in [1.165, 1.54) is 32.2 Å². The summed E-state index contributed by atoms with van der Waals surface area (Å²) in [4.78, 5) is 17.0. The summed E-state index contributed by atoms with van der Waals surface area (Å²) in [6, 6.07) is 0. The van der Waals surface area contributed by atoms with Crippen LogP contribution in [0.1, 0.15) is 72.6 Å². The minimum Gasteiger partial charge on any atom is -0.301 e. The zero-order valence-electron chi connectivity index (χ0n) is 15.6. The average Bonchev–Trinajstić information content (AvgIpc) is 2.44. The van der Waals surface area contributed by atoms with Crippen molar-refractivity contribution in [2.45, 2.75) is 78.2 Å². The molecule has 1 saturated heterocycles. The molecule has 5 heteroatoms. The summed E-state index contributed by atoms with van der Waals surface area (Å²) < 4.78 is 0. The van der Waals surface area contributed by atoms with Crippen LogP contribution in [0.5, 0.6) is 0 Å². The number of carbonyl (C=O) groups excluding carboxylic acids is 1. The molecule has 0 bridgehead atoms. The van der Waals surface area contributed by atoms with Gasteiger partial charge in [-0.25, -0.2) is 0 Å². The van der Waals surface area contributed by atoms with Gasteiger partial charge in [0, 0.05) is 44.6 Å². The Bertz CT molecular complexity index is 303. The van der Waals surface area contributed by atoms with Crippen LogP contribution < -0.4 is 0 Å². The first-order valence-corrected chi connectivity index (χ1v) is 8.98. The van der Waals surface area contributed by atoms with Crippen molar-refractivity contribution in [2.24, 2.45) is 0 Å². The Kier molecular flexibility index (Phi) is 14.9. The topological polar surface area (TPSA) is 23.6 Å². The summed E-state index contributed by atoms with van der Waals surface area (Å²) in [7, 11) is 0. The molecule has 0 aliphatic carbocycles. The molecule has 1 aliphatic heterocycles. The van der Waals surface area contributed by atoms with Gasteiger partial charge in [-0.2, -0.15) is 0 Å². The van der Waals surface area contributed by atoms with Crippen molar-refractivity contribution in [3.8, 4) is 0 Å². The molecule has 3 nitrogen and oxygen atoms in total. The summed E-state index contributed by atoms with van der Waals surface area (Å²) >= 11 is 0. The fourth-order valence-electron chi connectivity index (χ4n) is 3.30. The summed E-state index contributed by atoms with van der Waals surface area (Å²) in [6.07, 6.45) is 7.80. The van der Waals surface area contributed by atoms with Gasteiger partial charge in [0.25, 0.3) is 0 Å². The highest BCUT2D eigenvalue weighted by molar-refractivity contribution is 5.85. The molecule has 140 valence electrons. The lowest BCUT2D eigenvalue weighted by molar-refractivity contribution is -0.122. The van der Waals surface area contributed by atoms with E-state index < -0.39 is 0 Å². The molecule has 23 heavy (non-hydrogen) atoms. The third-order valence-corrected chi connectivity index (χ3v) is 4.71. The highest BCUT2D eigenvalue weighted by Gasteiger charge is 2.31. The highest BCUT2D eigenvalue weighted by Crippen LogP contribution is 2.22. The van der Waals surface area contributed by atoms with Gasteiger partial charge in [-0.15, -0.1) is 24.8 Å². The van der Waals surface area contributed by atoms with E-state index in [2.05, 4.69) is 37.5 Å². The Morgan fingerprint density at radius 1 is 0.913 bits per heavy atom. The third kappa shape index (κ3) is 9.91. The number of ketones is 1. The molecule has 1 rings (SSSR count). The van der Waals surface area contributed by atoms with E-state index in [4.69, 9.17) is 0 Å². The highest BCUT2D eigenvalue weighted by atomic mass is 35.5. The molecule has 0 radical (unpaired) electrons. The second-order valence-electron chi connectivity index (χ2n) is 7.17. The monoisotopic (exact) mass is 368 g/mol. The van der Waals surface area contributed by atoms with E-state index in [9.17, 15) is 4.79 Å². The second-order valence-corrected chi connectivity index (χ2v) is 7.17. The number of Topliss-reactive ketones (excluding diaryl/α,β-unsaturated/α-hetero) is 1. The summed E-state index contributed by atoms with van der Waals surface area (Å²) in [5, 5.41) is 0. The van der Waals surface area contributed by atoms with Crippen LogP contribution in [0.3, 0.4) is 0 Å². The Morgan fingerprint density at radius 3 is 2.04 bits per heavy atom. The second kappa shape index (κ2) is 13.5. The van der Waals surface area contributed by atoms with Gasteiger partial charge < -0.3 is 4.90 Å². The largest absolute Gasteiger partial charge is 0.301 e. The fourth-order valence-corrected chi connectivity index (χ4v) is 3.30. The summed E-state index contributed by atoms with van der Waals surface area (Å²) in [6.45, 7) is 14.6. The molecule has 0 unspecified atom stereocenters. The Hall–Kier alpha value is 0.170. The molecule has 0 aromatic heterocycles. The summed E-state index contributed by atoms with van der Waals surface area (Å²) in [5.41, 5.74) is 0.0283. The van der Waals surface area contributed by atoms with Crippen LogP contribution in [0.25, 0.3) is 0 Å². The van der Waals surface area contributed by atoms with Crippen LogP contribution in [0.4, 0.5) is 0 Å². The maximum absolute atomic E-state index is 11.9. The van der Waals surface area contributed by atoms with Crippen molar-refractivity contribution in [3.05, 3.63) is 0 Å². The van der Waals surface area contributed by atoms with Crippen LogP contribution in [0.2, 0.25) is 0 Å².